The lowest BCUT2D eigenvalue weighted by Crippen LogP contribution is -2.32. The molecule has 3 aromatic rings. The third kappa shape index (κ3) is 4.23. The maximum absolute atomic E-state index is 13.2. The summed E-state index contributed by atoms with van der Waals surface area (Å²) in [7, 11) is 0. The predicted molar refractivity (Wildman–Crippen MR) is 128 cm³/mol. The number of hydrogen-bond acceptors (Lipinski definition) is 6. The topological polar surface area (TPSA) is 73.7 Å². The van der Waals surface area contributed by atoms with Crippen molar-refractivity contribution < 1.29 is 14.3 Å². The molecule has 1 fully saturated rings. The zero-order valence-corrected chi connectivity index (χ0v) is 19.1. The van der Waals surface area contributed by atoms with Gasteiger partial charge in [0, 0.05) is 13.1 Å². The Morgan fingerprint density at radius 1 is 1.18 bits per heavy atom. The molecule has 0 radical (unpaired) electrons. The molecule has 2 aromatic carbocycles. The Morgan fingerprint density at radius 3 is 2.85 bits per heavy atom. The minimum Gasteiger partial charge on any atom is -0.486 e. The third-order valence-corrected chi connectivity index (χ3v) is 6.95. The van der Waals surface area contributed by atoms with Crippen LogP contribution < -0.4 is 15.0 Å². The van der Waals surface area contributed by atoms with Gasteiger partial charge in [-0.3, -0.25) is 14.2 Å². The second-order valence-electron chi connectivity index (χ2n) is 8.05. The number of amides is 1. The van der Waals surface area contributed by atoms with E-state index in [1.807, 2.05) is 41.3 Å². The number of benzene rings is 2. The van der Waals surface area contributed by atoms with Crippen LogP contribution >= 0.6 is 11.8 Å². The average molecular weight is 464 g/mol. The largest absolute Gasteiger partial charge is 0.486 e. The average Bonchev–Trinajstić information content (AvgIpc) is 3.34. The third-order valence-electron chi connectivity index (χ3n) is 5.99. The van der Waals surface area contributed by atoms with Crippen molar-refractivity contribution in [3.63, 3.8) is 0 Å². The predicted octanol–water partition coefficient (Wildman–Crippen LogP) is 3.81. The molecule has 170 valence electrons. The molecule has 1 amide bonds. The normalized spacial score (nSPS) is 17.3. The molecule has 0 aliphatic carbocycles. The first-order valence-corrected chi connectivity index (χ1v) is 12.1. The first-order chi connectivity index (χ1) is 16.2. The van der Waals surface area contributed by atoms with E-state index >= 15 is 0 Å². The van der Waals surface area contributed by atoms with Gasteiger partial charge in [0.15, 0.2) is 16.7 Å². The molecule has 0 N–H and O–H groups in total. The minimum atomic E-state index is -0.120. The fourth-order valence-electron chi connectivity index (χ4n) is 4.44. The van der Waals surface area contributed by atoms with Gasteiger partial charge in [0.2, 0.25) is 5.91 Å². The summed E-state index contributed by atoms with van der Waals surface area (Å²) in [6.07, 6.45) is 3.53. The summed E-state index contributed by atoms with van der Waals surface area (Å²) in [5, 5.41) is 1.09. The smallest absolute Gasteiger partial charge is 0.262 e. The van der Waals surface area contributed by atoms with Crippen LogP contribution in [-0.2, 0) is 11.3 Å². The highest BCUT2D eigenvalue weighted by Gasteiger charge is 2.31. The summed E-state index contributed by atoms with van der Waals surface area (Å²) < 4.78 is 12.9. The highest BCUT2D eigenvalue weighted by molar-refractivity contribution is 7.99. The van der Waals surface area contributed by atoms with Crippen molar-refractivity contribution >= 4 is 28.6 Å². The van der Waals surface area contributed by atoms with Crippen molar-refractivity contribution in [2.24, 2.45) is 0 Å². The van der Waals surface area contributed by atoms with Crippen molar-refractivity contribution in [3.8, 4) is 11.5 Å². The van der Waals surface area contributed by atoms with Crippen molar-refractivity contribution in [1.29, 1.82) is 0 Å². The van der Waals surface area contributed by atoms with Gasteiger partial charge in [0.1, 0.15) is 13.2 Å². The molecule has 0 spiro atoms. The lowest BCUT2D eigenvalue weighted by Gasteiger charge is -2.26. The number of aromatic nitrogens is 2. The van der Waals surface area contributed by atoms with Crippen molar-refractivity contribution in [2.75, 3.05) is 25.5 Å². The van der Waals surface area contributed by atoms with Gasteiger partial charge in [-0.05, 0) is 42.7 Å². The number of likely N-dealkylation sites (tertiary alicyclic amines) is 1. The lowest BCUT2D eigenvalue weighted by molar-refractivity contribution is -0.129. The molecule has 0 bridgehead atoms. The molecule has 3 heterocycles. The van der Waals surface area contributed by atoms with Gasteiger partial charge in [-0.1, -0.05) is 36.0 Å². The molecule has 1 aromatic heterocycles. The molecule has 5 rings (SSSR count). The summed E-state index contributed by atoms with van der Waals surface area (Å²) in [5.74, 6) is 1.73. The van der Waals surface area contributed by atoms with E-state index in [9.17, 15) is 9.59 Å². The van der Waals surface area contributed by atoms with E-state index in [0.29, 0.717) is 42.4 Å². The van der Waals surface area contributed by atoms with Gasteiger partial charge in [0.25, 0.3) is 5.56 Å². The second kappa shape index (κ2) is 9.31. The van der Waals surface area contributed by atoms with Gasteiger partial charge in [0.05, 0.1) is 22.7 Å². The Morgan fingerprint density at radius 2 is 2.00 bits per heavy atom. The number of nitrogens with zero attached hydrogens (tertiary/aromatic N) is 3. The Kier molecular flexibility index (Phi) is 6.09. The molecular weight excluding hydrogens is 438 g/mol. The minimum absolute atomic E-state index is 0.00820. The zero-order chi connectivity index (χ0) is 22.8. The quantitative estimate of drug-likeness (QED) is 0.314. The second-order valence-corrected chi connectivity index (χ2v) is 9.00. The fourth-order valence-corrected chi connectivity index (χ4v) is 5.33. The number of rotatable bonds is 6. The van der Waals surface area contributed by atoms with Crippen LogP contribution in [0.5, 0.6) is 11.5 Å². The molecule has 7 nitrogen and oxygen atoms in total. The first-order valence-electron chi connectivity index (χ1n) is 11.1. The fraction of sp³-hybridized carbons (Fsp3) is 0.320. The number of para-hydroxylation sites is 1. The van der Waals surface area contributed by atoms with E-state index < -0.39 is 0 Å². The van der Waals surface area contributed by atoms with Gasteiger partial charge < -0.3 is 14.4 Å². The van der Waals surface area contributed by atoms with E-state index in [1.54, 1.807) is 16.7 Å². The number of carbonyl (C=O) groups is 1. The number of carbonyl (C=O) groups excluding carboxylic acids is 1. The van der Waals surface area contributed by atoms with Gasteiger partial charge in [-0.15, -0.1) is 6.58 Å². The molecule has 2 aliphatic heterocycles. The van der Waals surface area contributed by atoms with Crippen LogP contribution in [0.2, 0.25) is 0 Å². The highest BCUT2D eigenvalue weighted by Crippen LogP contribution is 2.38. The van der Waals surface area contributed by atoms with Crippen LogP contribution in [0.3, 0.4) is 0 Å². The van der Waals surface area contributed by atoms with Gasteiger partial charge >= 0.3 is 0 Å². The summed E-state index contributed by atoms with van der Waals surface area (Å²) in [5.41, 5.74) is 1.57. The monoisotopic (exact) mass is 463 g/mol. The van der Waals surface area contributed by atoms with E-state index in [-0.39, 0.29) is 23.3 Å². The highest BCUT2D eigenvalue weighted by atomic mass is 32.2. The van der Waals surface area contributed by atoms with Gasteiger partial charge in [-0.25, -0.2) is 4.98 Å². The molecule has 33 heavy (non-hydrogen) atoms. The molecule has 1 unspecified atom stereocenters. The zero-order valence-electron chi connectivity index (χ0n) is 18.2. The molecule has 1 atom stereocenters. The number of hydrogen-bond donors (Lipinski definition) is 0. The first kappa shape index (κ1) is 21.6. The van der Waals surface area contributed by atoms with Crippen molar-refractivity contribution in [3.05, 3.63) is 71.0 Å². The summed E-state index contributed by atoms with van der Waals surface area (Å²) in [4.78, 5) is 32.7. The Bertz CT molecular complexity index is 1270. The van der Waals surface area contributed by atoms with Crippen molar-refractivity contribution in [1.82, 2.24) is 14.5 Å². The number of thioether (sulfide) groups is 1. The lowest BCUT2D eigenvalue weighted by atomic mass is 10.0. The summed E-state index contributed by atoms with van der Waals surface area (Å²) in [6, 6.07) is 13.2. The van der Waals surface area contributed by atoms with Crippen LogP contribution in [0.1, 0.15) is 24.4 Å². The molecule has 8 heteroatoms. The van der Waals surface area contributed by atoms with Crippen LogP contribution in [0.15, 0.2) is 65.1 Å². The van der Waals surface area contributed by atoms with Gasteiger partial charge in [-0.2, -0.15) is 0 Å². The van der Waals surface area contributed by atoms with Crippen LogP contribution in [0.25, 0.3) is 10.9 Å². The van der Waals surface area contributed by atoms with Crippen molar-refractivity contribution in [2.45, 2.75) is 30.6 Å². The van der Waals surface area contributed by atoms with Crippen LogP contribution in [0, 0.1) is 0 Å². The van der Waals surface area contributed by atoms with E-state index in [0.717, 1.165) is 29.9 Å². The van der Waals surface area contributed by atoms with E-state index in [2.05, 4.69) is 11.6 Å². The SMILES string of the molecule is C=CCn1c(SCC(=O)N2CCCC2c2ccc3c(c2)OCCO3)nc2ccccc2c1=O. The van der Waals surface area contributed by atoms with Crippen LogP contribution in [-0.4, -0.2) is 45.9 Å². The van der Waals surface area contributed by atoms with E-state index in [4.69, 9.17) is 9.47 Å². The molecular formula is C25H25N3O4S. The number of ether oxygens (including phenoxy) is 2. The Balaban J connectivity index is 1.35. The Labute approximate surface area is 196 Å². The number of fused-ring (bicyclic) bond motifs is 2. The van der Waals surface area contributed by atoms with Crippen LogP contribution in [0.4, 0.5) is 0 Å². The maximum Gasteiger partial charge on any atom is 0.262 e. The molecule has 2 aliphatic rings. The number of allylic oxidation sites excluding steroid dienone is 1. The Hall–Kier alpha value is -3.26. The standard InChI is InChI=1S/C25H25N3O4S/c1-2-11-28-24(30)18-6-3-4-7-19(18)26-25(28)33-16-23(29)27-12-5-8-20(27)17-9-10-21-22(15-17)32-14-13-31-21/h2-4,6-7,9-10,15,20H,1,5,8,11-14,16H2. The maximum atomic E-state index is 13.2. The van der Waals surface area contributed by atoms with E-state index in [1.165, 1.54) is 11.8 Å². The summed E-state index contributed by atoms with van der Waals surface area (Å²) >= 11 is 1.30. The summed E-state index contributed by atoms with van der Waals surface area (Å²) in [6.45, 7) is 5.90. The molecule has 1 saturated heterocycles. The molecule has 0 saturated carbocycles.